The van der Waals surface area contributed by atoms with Gasteiger partial charge in [0.1, 0.15) is 0 Å². The summed E-state index contributed by atoms with van der Waals surface area (Å²) >= 11 is 1.89. The molecule has 11 aromatic rings. The van der Waals surface area contributed by atoms with E-state index in [-0.39, 0.29) is 0 Å². The maximum atomic E-state index is 2.46. The zero-order chi connectivity index (χ0) is 37.5. The SMILES string of the molecule is c1cc(-c2c3ccccc3c(-c3ccc4c(c3)-c3ccccc3-c3ccccc3-c3ccccc3-4)c3ccccc23)cc(-c2cccc3c2sc2ccccc23)c1. The van der Waals surface area contributed by atoms with Crippen LogP contribution in [0.25, 0.3) is 120 Å². The average Bonchev–Trinajstić information content (AvgIpc) is 3.67. The molecule has 1 aliphatic rings. The normalized spacial score (nSPS) is 11.9. The van der Waals surface area contributed by atoms with Gasteiger partial charge in [-0.15, -0.1) is 11.3 Å². The minimum absolute atomic E-state index is 1.22. The van der Waals surface area contributed by atoms with Crippen LogP contribution in [-0.2, 0) is 0 Å². The van der Waals surface area contributed by atoms with E-state index in [1.807, 2.05) is 11.3 Å². The molecular weight excluding hydrogens is 705 g/mol. The van der Waals surface area contributed by atoms with Crippen LogP contribution in [0.15, 0.2) is 206 Å². The van der Waals surface area contributed by atoms with Crippen LogP contribution in [0.3, 0.4) is 0 Å². The summed E-state index contributed by atoms with van der Waals surface area (Å²) in [6, 6.07) is 76.6. The van der Waals surface area contributed by atoms with Gasteiger partial charge in [0.05, 0.1) is 0 Å². The number of hydrogen-bond acceptors (Lipinski definition) is 1. The van der Waals surface area contributed by atoms with Crippen molar-refractivity contribution in [3.63, 3.8) is 0 Å². The third-order valence-electron chi connectivity index (χ3n) is 12.0. The summed E-state index contributed by atoms with van der Waals surface area (Å²) in [6.45, 7) is 0. The van der Waals surface area contributed by atoms with E-state index in [9.17, 15) is 0 Å². The Hall–Kier alpha value is -7.06. The highest BCUT2D eigenvalue weighted by Crippen LogP contribution is 2.51. The molecule has 57 heavy (non-hydrogen) atoms. The van der Waals surface area contributed by atoms with Crippen molar-refractivity contribution in [2.75, 3.05) is 0 Å². The van der Waals surface area contributed by atoms with E-state index in [4.69, 9.17) is 0 Å². The molecule has 0 atom stereocenters. The van der Waals surface area contributed by atoms with E-state index < -0.39 is 0 Å². The molecule has 0 N–H and O–H groups in total. The highest BCUT2D eigenvalue weighted by Gasteiger charge is 2.24. The van der Waals surface area contributed by atoms with Crippen molar-refractivity contribution in [2.45, 2.75) is 0 Å². The number of benzene rings is 10. The summed E-state index contributed by atoms with van der Waals surface area (Å²) in [6.07, 6.45) is 0. The van der Waals surface area contributed by atoms with Gasteiger partial charge in [0.25, 0.3) is 0 Å². The van der Waals surface area contributed by atoms with Crippen molar-refractivity contribution in [2.24, 2.45) is 0 Å². The fraction of sp³-hybridized carbons (Fsp3) is 0. The van der Waals surface area contributed by atoms with Crippen LogP contribution in [0.2, 0.25) is 0 Å². The van der Waals surface area contributed by atoms with Crippen LogP contribution in [0.5, 0.6) is 0 Å². The van der Waals surface area contributed by atoms with Gasteiger partial charge in [-0.1, -0.05) is 188 Å². The fourth-order valence-electron chi connectivity index (χ4n) is 9.58. The molecule has 12 rings (SSSR count). The van der Waals surface area contributed by atoms with E-state index >= 15 is 0 Å². The summed E-state index contributed by atoms with van der Waals surface area (Å²) in [7, 11) is 0. The molecule has 0 unspecified atom stereocenters. The van der Waals surface area contributed by atoms with Gasteiger partial charge < -0.3 is 0 Å². The van der Waals surface area contributed by atoms with Gasteiger partial charge in [0.2, 0.25) is 0 Å². The summed E-state index contributed by atoms with van der Waals surface area (Å²) in [5.41, 5.74) is 17.6. The third kappa shape index (κ3) is 4.93. The molecule has 0 saturated carbocycles. The first-order valence-corrected chi connectivity index (χ1v) is 20.5. The second kappa shape index (κ2) is 12.7. The van der Waals surface area contributed by atoms with Crippen LogP contribution >= 0.6 is 11.3 Å². The van der Waals surface area contributed by atoms with Gasteiger partial charge in [-0.2, -0.15) is 0 Å². The van der Waals surface area contributed by atoms with Gasteiger partial charge in [-0.25, -0.2) is 0 Å². The minimum Gasteiger partial charge on any atom is -0.135 e. The van der Waals surface area contributed by atoms with Crippen molar-refractivity contribution >= 4 is 53.1 Å². The van der Waals surface area contributed by atoms with Crippen LogP contribution < -0.4 is 0 Å². The molecule has 0 bridgehead atoms. The van der Waals surface area contributed by atoms with Crippen molar-refractivity contribution in [1.82, 2.24) is 0 Å². The molecule has 0 amide bonds. The Morgan fingerprint density at radius 3 is 1.18 bits per heavy atom. The summed E-state index contributed by atoms with van der Waals surface area (Å²) in [5, 5.41) is 7.69. The molecular formula is C56H34S. The van der Waals surface area contributed by atoms with E-state index in [2.05, 4.69) is 206 Å². The Morgan fingerprint density at radius 2 is 0.614 bits per heavy atom. The van der Waals surface area contributed by atoms with Crippen LogP contribution in [0.1, 0.15) is 0 Å². The predicted molar refractivity (Wildman–Crippen MR) is 246 cm³/mol. The highest BCUT2D eigenvalue weighted by molar-refractivity contribution is 7.26. The van der Waals surface area contributed by atoms with E-state index in [0.717, 1.165) is 0 Å². The van der Waals surface area contributed by atoms with Gasteiger partial charge in [-0.05, 0) is 118 Å². The summed E-state index contributed by atoms with van der Waals surface area (Å²) in [5.74, 6) is 0. The van der Waals surface area contributed by atoms with Gasteiger partial charge in [0, 0.05) is 20.2 Å². The van der Waals surface area contributed by atoms with Gasteiger partial charge in [0.15, 0.2) is 0 Å². The van der Waals surface area contributed by atoms with Crippen LogP contribution in [0.4, 0.5) is 0 Å². The number of hydrogen-bond donors (Lipinski definition) is 0. The molecule has 1 aliphatic carbocycles. The Labute approximate surface area is 335 Å². The van der Waals surface area contributed by atoms with Gasteiger partial charge in [-0.3, -0.25) is 0 Å². The fourth-order valence-corrected chi connectivity index (χ4v) is 10.8. The Balaban J connectivity index is 1.10. The second-order valence-corrected chi connectivity index (χ2v) is 16.2. The highest BCUT2D eigenvalue weighted by atomic mass is 32.1. The Kier molecular flexibility index (Phi) is 7.20. The van der Waals surface area contributed by atoms with Crippen molar-refractivity contribution in [3.8, 4) is 77.9 Å². The standard InChI is InChI=1S/C56H34S/c1-2-18-40-39(17-1)41-19-3-4-21-43(41)45-32-31-37(34-52(45)44-22-6-5-20-42(40)44)55-49-26-9-7-24-47(49)54(48-25-8-10-27-50(48)55)36-16-13-15-35(33-36)38-28-14-29-51-46-23-11-12-30-53(46)57-56(38)51/h1-34H. The number of fused-ring (bicyclic) bond motifs is 13. The largest absolute Gasteiger partial charge is 0.135 e. The lowest BCUT2D eigenvalue weighted by molar-refractivity contribution is 1.52. The maximum Gasteiger partial charge on any atom is 0.0433 e. The molecule has 0 spiro atoms. The van der Waals surface area contributed by atoms with E-state index in [1.165, 1.54) is 120 Å². The summed E-state index contributed by atoms with van der Waals surface area (Å²) < 4.78 is 2.67. The third-order valence-corrected chi connectivity index (χ3v) is 13.3. The maximum absolute atomic E-state index is 2.46. The Bertz CT molecular complexity index is 3350. The monoisotopic (exact) mass is 738 g/mol. The molecule has 1 heteroatoms. The van der Waals surface area contributed by atoms with Crippen molar-refractivity contribution in [1.29, 1.82) is 0 Å². The Morgan fingerprint density at radius 1 is 0.228 bits per heavy atom. The first kappa shape index (κ1) is 32.2. The van der Waals surface area contributed by atoms with Gasteiger partial charge >= 0.3 is 0 Å². The number of thiophene rings is 1. The molecule has 0 nitrogen and oxygen atoms in total. The molecule has 10 aromatic carbocycles. The minimum atomic E-state index is 1.22. The van der Waals surface area contributed by atoms with E-state index in [0.29, 0.717) is 0 Å². The molecule has 0 fully saturated rings. The average molecular weight is 739 g/mol. The molecule has 264 valence electrons. The molecule has 0 aliphatic heterocycles. The molecule has 1 aromatic heterocycles. The van der Waals surface area contributed by atoms with E-state index in [1.54, 1.807) is 0 Å². The number of rotatable bonds is 3. The quantitative estimate of drug-likeness (QED) is 0.158. The molecule has 0 radical (unpaired) electrons. The zero-order valence-electron chi connectivity index (χ0n) is 31.0. The van der Waals surface area contributed by atoms with Crippen LogP contribution in [-0.4, -0.2) is 0 Å². The second-order valence-electron chi connectivity index (χ2n) is 15.1. The summed E-state index contributed by atoms with van der Waals surface area (Å²) in [4.78, 5) is 0. The lowest BCUT2D eigenvalue weighted by atomic mass is 9.79. The first-order chi connectivity index (χ1) is 28.3. The lowest BCUT2D eigenvalue weighted by Crippen LogP contribution is -1.97. The lowest BCUT2D eigenvalue weighted by Gasteiger charge is -2.24. The molecule has 1 heterocycles. The topological polar surface area (TPSA) is 0 Å². The smallest absolute Gasteiger partial charge is 0.0433 e. The predicted octanol–water partition coefficient (Wildman–Crippen LogP) is 16.3. The van der Waals surface area contributed by atoms with Crippen LogP contribution in [0, 0.1) is 0 Å². The molecule has 0 saturated heterocycles. The van der Waals surface area contributed by atoms with Crippen molar-refractivity contribution < 1.29 is 0 Å². The zero-order valence-corrected chi connectivity index (χ0v) is 31.9. The van der Waals surface area contributed by atoms with Crippen molar-refractivity contribution in [3.05, 3.63) is 206 Å². The first-order valence-electron chi connectivity index (χ1n) is 19.7.